The zero-order valence-electron chi connectivity index (χ0n) is 16.7. The number of aromatic nitrogens is 2. The van der Waals surface area contributed by atoms with Gasteiger partial charge in [0.15, 0.2) is 11.6 Å². The van der Waals surface area contributed by atoms with Gasteiger partial charge in [0.2, 0.25) is 0 Å². The Hall–Kier alpha value is -2.26. The minimum absolute atomic E-state index is 0.00664. The van der Waals surface area contributed by atoms with Crippen molar-refractivity contribution < 1.29 is 28.2 Å². The Morgan fingerprint density at radius 3 is 2.66 bits per heavy atom. The summed E-state index contributed by atoms with van der Waals surface area (Å²) in [6.45, 7) is 6.04. The lowest BCUT2D eigenvalue weighted by Gasteiger charge is -2.33. The van der Waals surface area contributed by atoms with Gasteiger partial charge in [-0.2, -0.15) is 0 Å². The van der Waals surface area contributed by atoms with Crippen LogP contribution in [0.25, 0.3) is 11.0 Å². The van der Waals surface area contributed by atoms with Gasteiger partial charge in [0, 0.05) is 13.2 Å². The summed E-state index contributed by atoms with van der Waals surface area (Å²) in [7, 11) is 0. The maximum Gasteiger partial charge on any atom is 0.410 e. The number of aliphatic hydroxyl groups is 1. The van der Waals surface area contributed by atoms with Crippen LogP contribution in [-0.4, -0.2) is 58.0 Å². The molecule has 0 bridgehead atoms. The highest BCUT2D eigenvalue weighted by molar-refractivity contribution is 5.79. The van der Waals surface area contributed by atoms with Crippen LogP contribution in [0.4, 0.5) is 13.6 Å². The molecule has 1 amide bonds. The Balaban J connectivity index is 1.61. The van der Waals surface area contributed by atoms with E-state index >= 15 is 0 Å². The van der Waals surface area contributed by atoms with Gasteiger partial charge < -0.3 is 24.5 Å². The number of halogens is 2. The summed E-state index contributed by atoms with van der Waals surface area (Å²) in [5.74, 6) is -1.00. The molecule has 2 atom stereocenters. The first-order chi connectivity index (χ1) is 13.7. The smallest absolute Gasteiger partial charge is 0.410 e. The van der Waals surface area contributed by atoms with Gasteiger partial charge >= 0.3 is 6.09 Å². The number of amides is 1. The third-order valence-corrected chi connectivity index (χ3v) is 5.31. The molecule has 4 rings (SSSR count). The van der Waals surface area contributed by atoms with Gasteiger partial charge in [-0.05, 0) is 50.7 Å². The number of nitrogens with one attached hydrogen (secondary N) is 1. The van der Waals surface area contributed by atoms with Crippen molar-refractivity contribution >= 4 is 17.1 Å². The second-order valence-corrected chi connectivity index (χ2v) is 8.67. The van der Waals surface area contributed by atoms with Crippen molar-refractivity contribution in [1.29, 1.82) is 0 Å². The fourth-order valence-corrected chi connectivity index (χ4v) is 3.93. The summed E-state index contributed by atoms with van der Waals surface area (Å²) in [4.78, 5) is 21.0. The lowest BCUT2D eigenvalue weighted by Crippen LogP contribution is -2.44. The number of benzene rings is 1. The van der Waals surface area contributed by atoms with E-state index in [1.165, 1.54) is 4.90 Å². The molecule has 9 heteroatoms. The Labute approximate surface area is 167 Å². The zero-order chi connectivity index (χ0) is 20.9. The number of hydrogen-bond acceptors (Lipinski definition) is 5. The first-order valence-corrected chi connectivity index (χ1v) is 9.76. The van der Waals surface area contributed by atoms with E-state index in [0.717, 1.165) is 0 Å². The van der Waals surface area contributed by atoms with Crippen molar-refractivity contribution in [2.45, 2.75) is 45.3 Å². The van der Waals surface area contributed by atoms with Gasteiger partial charge in [0.25, 0.3) is 0 Å². The molecule has 158 valence electrons. The van der Waals surface area contributed by atoms with Crippen LogP contribution in [0.2, 0.25) is 0 Å². The second kappa shape index (κ2) is 7.21. The number of aliphatic hydroxyl groups excluding tert-OH is 1. The van der Waals surface area contributed by atoms with Crippen LogP contribution >= 0.6 is 0 Å². The van der Waals surface area contributed by atoms with Crippen molar-refractivity contribution in [1.82, 2.24) is 14.9 Å². The molecular formula is C20H25F2N3O4. The van der Waals surface area contributed by atoms with Gasteiger partial charge in [-0.25, -0.2) is 18.6 Å². The lowest BCUT2D eigenvalue weighted by atomic mass is 10.1. The van der Waals surface area contributed by atoms with E-state index < -0.39 is 29.4 Å². The number of fused-ring (bicyclic) bond motifs is 2. The Morgan fingerprint density at radius 1 is 1.31 bits per heavy atom. The number of nitrogens with zero attached hydrogens (tertiary/aromatic N) is 2. The number of morpholine rings is 1. The molecule has 0 saturated carbocycles. The molecule has 1 aliphatic carbocycles. The van der Waals surface area contributed by atoms with Crippen LogP contribution in [0.15, 0.2) is 0 Å². The molecule has 1 aromatic carbocycles. The normalized spacial score (nSPS) is 20.3. The van der Waals surface area contributed by atoms with Crippen molar-refractivity contribution in [3.05, 3.63) is 28.6 Å². The largest absolute Gasteiger partial charge is 0.444 e. The van der Waals surface area contributed by atoms with Crippen molar-refractivity contribution in [2.75, 3.05) is 26.3 Å². The molecular weight excluding hydrogens is 384 g/mol. The predicted octanol–water partition coefficient (Wildman–Crippen LogP) is 2.86. The maximum absolute atomic E-state index is 15.0. The van der Waals surface area contributed by atoms with Gasteiger partial charge in [0.05, 0.1) is 13.2 Å². The number of hydrogen-bond donors (Lipinski definition) is 2. The van der Waals surface area contributed by atoms with Gasteiger partial charge in [-0.1, -0.05) is 0 Å². The lowest BCUT2D eigenvalue weighted by molar-refractivity contribution is -0.0459. The van der Waals surface area contributed by atoms with Crippen LogP contribution in [-0.2, 0) is 22.3 Å². The predicted molar refractivity (Wildman–Crippen MR) is 100 cm³/mol. The first kappa shape index (κ1) is 20.0. The van der Waals surface area contributed by atoms with Crippen molar-refractivity contribution in [3.63, 3.8) is 0 Å². The van der Waals surface area contributed by atoms with E-state index in [9.17, 15) is 18.7 Å². The van der Waals surface area contributed by atoms with E-state index in [1.54, 1.807) is 20.8 Å². The van der Waals surface area contributed by atoms with Crippen molar-refractivity contribution in [3.8, 4) is 0 Å². The van der Waals surface area contributed by atoms with E-state index in [0.29, 0.717) is 24.9 Å². The third-order valence-electron chi connectivity index (χ3n) is 5.31. The highest BCUT2D eigenvalue weighted by Gasteiger charge is 2.34. The average molecular weight is 409 g/mol. The summed E-state index contributed by atoms with van der Waals surface area (Å²) in [6.07, 6.45) is -0.514. The highest BCUT2D eigenvalue weighted by atomic mass is 19.1. The van der Waals surface area contributed by atoms with Gasteiger partial charge in [0.1, 0.15) is 28.6 Å². The van der Waals surface area contributed by atoms with Crippen LogP contribution in [0.3, 0.4) is 0 Å². The molecule has 29 heavy (non-hydrogen) atoms. The summed E-state index contributed by atoms with van der Waals surface area (Å²) < 4.78 is 41.1. The number of ether oxygens (including phenoxy) is 2. The number of imidazole rings is 1. The van der Waals surface area contributed by atoms with Crippen LogP contribution in [0.1, 0.15) is 43.8 Å². The zero-order valence-corrected chi connectivity index (χ0v) is 16.7. The fourth-order valence-electron chi connectivity index (χ4n) is 3.93. The molecule has 1 saturated heterocycles. The Morgan fingerprint density at radius 2 is 2.00 bits per heavy atom. The summed E-state index contributed by atoms with van der Waals surface area (Å²) in [5, 5.41) is 9.34. The van der Waals surface area contributed by atoms with Gasteiger partial charge in [-0.3, -0.25) is 0 Å². The quantitative estimate of drug-likeness (QED) is 0.797. The SMILES string of the molecule is CC(C)(C)OC(=O)N1CCOC(c2nc3c(F)c4c(c(F)c3[nH]2)CC(CO)C4)C1. The number of carbonyl (C=O) groups excluding carboxylic acids is 1. The molecule has 1 aliphatic heterocycles. The first-order valence-electron chi connectivity index (χ1n) is 9.76. The molecule has 0 radical (unpaired) electrons. The number of aromatic amines is 1. The van der Waals surface area contributed by atoms with E-state index in [-0.39, 0.29) is 48.1 Å². The number of carbonyl (C=O) groups is 1. The molecule has 1 fully saturated rings. The topological polar surface area (TPSA) is 87.7 Å². The molecule has 2 unspecified atom stereocenters. The molecule has 1 aromatic heterocycles. The van der Waals surface area contributed by atoms with E-state index in [1.807, 2.05) is 0 Å². The van der Waals surface area contributed by atoms with E-state index in [4.69, 9.17) is 9.47 Å². The molecule has 7 nitrogen and oxygen atoms in total. The highest BCUT2D eigenvalue weighted by Crippen LogP contribution is 2.36. The minimum atomic E-state index is -0.637. The van der Waals surface area contributed by atoms with E-state index in [2.05, 4.69) is 9.97 Å². The monoisotopic (exact) mass is 409 g/mol. The van der Waals surface area contributed by atoms with Crippen molar-refractivity contribution in [2.24, 2.45) is 5.92 Å². The van der Waals surface area contributed by atoms with Gasteiger partial charge in [-0.15, -0.1) is 0 Å². The molecule has 2 N–H and O–H groups in total. The molecule has 2 aliphatic rings. The fraction of sp³-hybridized carbons (Fsp3) is 0.600. The van der Waals surface area contributed by atoms with Crippen LogP contribution < -0.4 is 0 Å². The average Bonchev–Trinajstić information content (AvgIpc) is 3.30. The molecule has 2 aromatic rings. The summed E-state index contributed by atoms with van der Waals surface area (Å²) >= 11 is 0. The number of rotatable bonds is 2. The summed E-state index contributed by atoms with van der Waals surface area (Å²) in [5.41, 5.74) is -0.124. The summed E-state index contributed by atoms with van der Waals surface area (Å²) in [6, 6.07) is 0. The molecule has 2 heterocycles. The Kier molecular flexibility index (Phi) is 4.98. The molecule has 0 spiro atoms. The number of H-pyrrole nitrogens is 1. The Bertz CT molecular complexity index is 905. The standard InChI is InChI=1S/C20H25F2N3O4/c1-20(2,3)29-19(27)25-4-5-28-13(8-25)18-23-16-14(21)11-6-10(9-26)7-12(11)15(22)17(16)24-18/h10,13,26H,4-9H2,1-3H3,(H,23,24). The maximum atomic E-state index is 15.0. The minimum Gasteiger partial charge on any atom is -0.444 e. The van der Waals surface area contributed by atoms with Crippen LogP contribution in [0, 0.1) is 17.6 Å². The second-order valence-electron chi connectivity index (χ2n) is 8.67. The van der Waals surface area contributed by atoms with Crippen LogP contribution in [0.5, 0.6) is 0 Å². The third kappa shape index (κ3) is 3.69.